The second kappa shape index (κ2) is 8.28. The van der Waals surface area contributed by atoms with E-state index < -0.39 is 15.8 Å². The third-order valence-corrected chi connectivity index (χ3v) is 6.94. The zero-order valence-electron chi connectivity index (χ0n) is 16.4. The minimum atomic E-state index is -4.04. The summed E-state index contributed by atoms with van der Waals surface area (Å²) >= 11 is 13.1. The maximum absolute atomic E-state index is 13.6. The molecule has 3 aromatic heterocycles. The number of sulfonamides is 1. The van der Waals surface area contributed by atoms with E-state index >= 15 is 0 Å². The number of hydrogen-bond donors (Lipinski definition) is 1. The van der Waals surface area contributed by atoms with E-state index in [1.54, 1.807) is 6.92 Å². The molecule has 9 nitrogen and oxygen atoms in total. The van der Waals surface area contributed by atoms with Crippen LogP contribution >= 0.6 is 34.5 Å². The van der Waals surface area contributed by atoms with E-state index in [9.17, 15) is 17.6 Å². The van der Waals surface area contributed by atoms with E-state index in [1.807, 2.05) is 0 Å². The monoisotopic (exact) mass is 514 g/mol. The molecule has 0 unspecified atom stereocenters. The van der Waals surface area contributed by atoms with Gasteiger partial charge in [-0.25, -0.2) is 27.0 Å². The van der Waals surface area contributed by atoms with E-state index in [4.69, 9.17) is 23.2 Å². The Morgan fingerprint density at radius 3 is 2.69 bits per heavy atom. The fourth-order valence-electron chi connectivity index (χ4n) is 2.87. The molecule has 0 saturated carbocycles. The number of nitrogens with one attached hydrogen (secondary N) is 1. The van der Waals surface area contributed by atoms with Crippen LogP contribution in [-0.4, -0.2) is 32.8 Å². The number of aromatic nitrogens is 5. The predicted molar refractivity (Wildman–Crippen MR) is 122 cm³/mol. The van der Waals surface area contributed by atoms with Crippen molar-refractivity contribution in [2.45, 2.75) is 6.92 Å². The van der Waals surface area contributed by atoms with E-state index in [0.29, 0.717) is 15.7 Å². The zero-order valence-corrected chi connectivity index (χ0v) is 19.5. The molecule has 4 aromatic rings. The number of fused-ring (bicyclic) bond motifs is 1. The van der Waals surface area contributed by atoms with Gasteiger partial charge in [0.1, 0.15) is 16.4 Å². The third-order valence-electron chi connectivity index (χ3n) is 4.35. The summed E-state index contributed by atoms with van der Waals surface area (Å²) in [5.74, 6) is -0.731. The number of rotatable bonds is 5. The number of aryl methyl sites for hydroxylation is 2. The van der Waals surface area contributed by atoms with Gasteiger partial charge in [0.15, 0.2) is 10.7 Å². The fraction of sp³-hybridized carbons (Fsp3) is 0.111. The number of nitrogens with zero attached hydrogens (tertiary/aromatic N) is 5. The molecule has 3 heterocycles. The molecule has 0 amide bonds. The molecule has 0 spiro atoms. The van der Waals surface area contributed by atoms with Crippen molar-refractivity contribution >= 4 is 62.0 Å². The predicted octanol–water partition coefficient (Wildman–Crippen LogP) is 3.72. The van der Waals surface area contributed by atoms with Crippen LogP contribution in [0.5, 0.6) is 0 Å². The normalized spacial score (nSPS) is 12.2. The van der Waals surface area contributed by atoms with Crippen LogP contribution in [0, 0.1) is 12.7 Å². The molecule has 166 valence electrons. The van der Waals surface area contributed by atoms with Crippen molar-refractivity contribution < 1.29 is 12.8 Å². The first-order valence-corrected chi connectivity index (χ1v) is 11.9. The van der Waals surface area contributed by atoms with E-state index in [2.05, 4.69) is 19.9 Å². The lowest BCUT2D eigenvalue weighted by molar-refractivity contribution is 0.609. The van der Waals surface area contributed by atoms with Crippen LogP contribution in [0.3, 0.4) is 0 Å². The van der Waals surface area contributed by atoms with Crippen molar-refractivity contribution in [1.29, 1.82) is 0 Å². The SMILES string of the molecule is Cc1nnc(-c2c(=O)n(C)n3cc(NS(=O)(=O)/C=C/c4c(Cl)ccc(F)c4Cl)cnc23)s1. The van der Waals surface area contributed by atoms with Crippen molar-refractivity contribution in [2.75, 3.05) is 4.72 Å². The Hall–Kier alpha value is -2.80. The first kappa shape index (κ1) is 22.4. The molecular weight excluding hydrogens is 502 g/mol. The highest BCUT2D eigenvalue weighted by atomic mass is 35.5. The van der Waals surface area contributed by atoms with Gasteiger partial charge in [0.2, 0.25) is 0 Å². The molecule has 0 saturated heterocycles. The lowest BCUT2D eigenvalue weighted by Gasteiger charge is -2.07. The minimum Gasteiger partial charge on any atom is -0.277 e. The maximum Gasteiger partial charge on any atom is 0.279 e. The van der Waals surface area contributed by atoms with Crippen LogP contribution < -0.4 is 10.3 Å². The Bertz CT molecular complexity index is 1560. The third kappa shape index (κ3) is 4.13. The van der Waals surface area contributed by atoms with Gasteiger partial charge in [-0.2, -0.15) is 0 Å². The summed E-state index contributed by atoms with van der Waals surface area (Å²) < 4.78 is 43.6. The van der Waals surface area contributed by atoms with Gasteiger partial charge >= 0.3 is 0 Å². The molecular formula is C18H13Cl2FN6O3S2. The summed E-state index contributed by atoms with van der Waals surface area (Å²) in [4.78, 5) is 16.9. The van der Waals surface area contributed by atoms with Gasteiger partial charge in [-0.15, -0.1) is 10.2 Å². The number of halogens is 3. The molecule has 4 rings (SSSR count). The van der Waals surface area contributed by atoms with E-state index in [1.165, 1.54) is 46.0 Å². The lowest BCUT2D eigenvalue weighted by Crippen LogP contribution is -2.16. The van der Waals surface area contributed by atoms with Crippen LogP contribution in [0.2, 0.25) is 10.0 Å². The summed E-state index contributed by atoms with van der Waals surface area (Å²) in [6, 6.07) is 2.35. The maximum atomic E-state index is 13.6. The van der Waals surface area contributed by atoms with Gasteiger partial charge in [-0.3, -0.25) is 9.52 Å². The van der Waals surface area contributed by atoms with E-state index in [0.717, 1.165) is 17.6 Å². The van der Waals surface area contributed by atoms with Crippen LogP contribution in [0.1, 0.15) is 10.6 Å². The Morgan fingerprint density at radius 2 is 2.00 bits per heavy atom. The molecule has 1 N–H and O–H groups in total. The van der Waals surface area contributed by atoms with Crippen LogP contribution in [0.15, 0.2) is 34.7 Å². The molecule has 0 fully saturated rings. The summed E-state index contributed by atoms with van der Waals surface area (Å²) in [7, 11) is -2.53. The molecule has 0 aliphatic carbocycles. The smallest absolute Gasteiger partial charge is 0.277 e. The van der Waals surface area contributed by atoms with Crippen LogP contribution in [-0.2, 0) is 17.1 Å². The van der Waals surface area contributed by atoms with Crippen molar-refractivity contribution in [3.05, 3.63) is 66.7 Å². The topological polar surface area (TPSA) is 111 Å². The van der Waals surface area contributed by atoms with Crippen molar-refractivity contribution in [3.8, 4) is 10.6 Å². The second-order valence-electron chi connectivity index (χ2n) is 6.55. The molecule has 0 atom stereocenters. The number of anilines is 1. The van der Waals surface area contributed by atoms with Crippen LogP contribution in [0.25, 0.3) is 22.3 Å². The average molecular weight is 515 g/mol. The standard InChI is InChI=1S/C18H13Cl2FN6O3S2/c1-9-23-24-17(31-9)14-16-22-7-10(8-27(16)26(2)18(14)28)25-32(29,30)6-5-11-12(19)3-4-13(21)15(11)20/h3-8,25H,1-2H3/b6-5+. The van der Waals surface area contributed by atoms with Gasteiger partial charge in [-0.05, 0) is 25.1 Å². The molecule has 0 radical (unpaired) electrons. The lowest BCUT2D eigenvalue weighted by atomic mass is 10.2. The Morgan fingerprint density at radius 1 is 1.25 bits per heavy atom. The Kier molecular flexibility index (Phi) is 5.79. The number of hydrogen-bond acceptors (Lipinski definition) is 7. The van der Waals surface area contributed by atoms with Crippen molar-refractivity contribution in [3.63, 3.8) is 0 Å². The minimum absolute atomic E-state index is 0.0251. The molecule has 0 bridgehead atoms. The van der Waals surface area contributed by atoms with Crippen LogP contribution in [0.4, 0.5) is 10.1 Å². The van der Waals surface area contributed by atoms with Gasteiger partial charge in [0, 0.05) is 17.6 Å². The van der Waals surface area contributed by atoms with Gasteiger partial charge in [0.25, 0.3) is 15.6 Å². The first-order chi connectivity index (χ1) is 15.1. The Balaban J connectivity index is 1.69. The van der Waals surface area contributed by atoms with Gasteiger partial charge in [-0.1, -0.05) is 34.5 Å². The highest BCUT2D eigenvalue weighted by Crippen LogP contribution is 2.29. The van der Waals surface area contributed by atoms with Gasteiger partial charge < -0.3 is 0 Å². The molecule has 14 heteroatoms. The second-order valence-corrected chi connectivity index (χ2v) is 10.1. The largest absolute Gasteiger partial charge is 0.279 e. The molecule has 32 heavy (non-hydrogen) atoms. The quantitative estimate of drug-likeness (QED) is 0.406. The number of benzene rings is 1. The highest BCUT2D eigenvalue weighted by Gasteiger charge is 2.20. The summed E-state index contributed by atoms with van der Waals surface area (Å²) in [5, 5.41) is 9.62. The molecule has 1 aromatic carbocycles. The average Bonchev–Trinajstić information content (AvgIpc) is 3.26. The van der Waals surface area contributed by atoms with Crippen molar-refractivity contribution in [2.24, 2.45) is 7.05 Å². The van der Waals surface area contributed by atoms with Crippen molar-refractivity contribution in [1.82, 2.24) is 24.4 Å². The zero-order chi connectivity index (χ0) is 23.2. The highest BCUT2D eigenvalue weighted by molar-refractivity contribution is 7.95. The molecule has 0 aliphatic rings. The summed E-state index contributed by atoms with van der Waals surface area (Å²) in [6.45, 7) is 1.77. The fourth-order valence-corrected chi connectivity index (χ4v) is 4.91. The van der Waals surface area contributed by atoms with Gasteiger partial charge in [0.05, 0.1) is 28.5 Å². The summed E-state index contributed by atoms with van der Waals surface area (Å²) in [6.07, 6.45) is 3.75. The Labute approximate surface area is 194 Å². The first-order valence-electron chi connectivity index (χ1n) is 8.79. The van der Waals surface area contributed by atoms with E-state index in [-0.39, 0.29) is 32.4 Å². The summed E-state index contributed by atoms with van der Waals surface area (Å²) in [5.41, 5.74) is 0.318. The molecule has 0 aliphatic heterocycles.